The lowest BCUT2D eigenvalue weighted by atomic mass is 10.1. The van der Waals surface area contributed by atoms with Crippen LogP contribution in [0, 0.1) is 6.92 Å². The Morgan fingerprint density at radius 1 is 1.13 bits per heavy atom. The van der Waals surface area contributed by atoms with Crippen molar-refractivity contribution in [1.82, 2.24) is 9.78 Å². The number of anilines is 2. The first-order valence-corrected chi connectivity index (χ1v) is 9.48. The van der Waals surface area contributed by atoms with E-state index in [1.807, 2.05) is 31.2 Å². The SMILES string of the molecule is COc1ccc(-c2nn3c(c2C)NC(=O)CC3C(=O)Nc2cccc(OC)c2)cc1. The van der Waals surface area contributed by atoms with Crippen LogP contribution in [0.15, 0.2) is 48.5 Å². The van der Waals surface area contributed by atoms with Gasteiger partial charge in [0, 0.05) is 22.9 Å². The van der Waals surface area contributed by atoms with Gasteiger partial charge >= 0.3 is 0 Å². The number of amides is 2. The third kappa shape index (κ3) is 3.59. The molecule has 1 unspecified atom stereocenters. The summed E-state index contributed by atoms with van der Waals surface area (Å²) >= 11 is 0. The zero-order valence-corrected chi connectivity index (χ0v) is 16.9. The maximum atomic E-state index is 13.0. The number of nitrogens with zero attached hydrogens (tertiary/aromatic N) is 2. The van der Waals surface area contributed by atoms with Crippen LogP contribution in [0.25, 0.3) is 11.3 Å². The van der Waals surface area contributed by atoms with Crippen molar-refractivity contribution in [3.05, 3.63) is 54.1 Å². The third-order valence-corrected chi connectivity index (χ3v) is 5.08. The smallest absolute Gasteiger partial charge is 0.249 e. The van der Waals surface area contributed by atoms with E-state index in [0.29, 0.717) is 22.9 Å². The Labute approximate surface area is 173 Å². The largest absolute Gasteiger partial charge is 0.497 e. The van der Waals surface area contributed by atoms with Gasteiger partial charge in [0.25, 0.3) is 0 Å². The molecule has 0 saturated heterocycles. The average Bonchev–Trinajstić information content (AvgIpc) is 3.09. The summed E-state index contributed by atoms with van der Waals surface area (Å²) in [6.45, 7) is 1.88. The molecule has 8 nitrogen and oxygen atoms in total. The molecule has 1 aliphatic rings. The first-order chi connectivity index (χ1) is 14.5. The highest BCUT2D eigenvalue weighted by Crippen LogP contribution is 2.35. The van der Waals surface area contributed by atoms with Gasteiger partial charge in [0.1, 0.15) is 23.4 Å². The van der Waals surface area contributed by atoms with Crippen LogP contribution in [0.1, 0.15) is 18.0 Å². The Morgan fingerprint density at radius 3 is 2.57 bits per heavy atom. The Bertz CT molecular complexity index is 1100. The molecule has 3 aromatic rings. The molecular weight excluding hydrogens is 384 g/mol. The summed E-state index contributed by atoms with van der Waals surface area (Å²) in [7, 11) is 3.17. The predicted molar refractivity (Wildman–Crippen MR) is 113 cm³/mol. The number of carbonyl (C=O) groups is 2. The van der Waals surface area contributed by atoms with E-state index in [1.54, 1.807) is 43.2 Å². The quantitative estimate of drug-likeness (QED) is 0.677. The van der Waals surface area contributed by atoms with Crippen molar-refractivity contribution in [3.63, 3.8) is 0 Å². The van der Waals surface area contributed by atoms with Crippen LogP contribution in [0.2, 0.25) is 0 Å². The summed E-state index contributed by atoms with van der Waals surface area (Å²) in [6, 6.07) is 13.8. The molecule has 4 rings (SSSR count). The molecule has 0 saturated carbocycles. The lowest BCUT2D eigenvalue weighted by molar-refractivity contribution is -0.125. The third-order valence-electron chi connectivity index (χ3n) is 5.08. The molecule has 2 heterocycles. The minimum Gasteiger partial charge on any atom is -0.497 e. The van der Waals surface area contributed by atoms with Gasteiger partial charge in [-0.25, -0.2) is 4.68 Å². The van der Waals surface area contributed by atoms with Crippen molar-refractivity contribution in [2.75, 3.05) is 24.9 Å². The van der Waals surface area contributed by atoms with Crippen molar-refractivity contribution in [3.8, 4) is 22.8 Å². The van der Waals surface area contributed by atoms with Crippen molar-refractivity contribution >= 4 is 23.3 Å². The highest BCUT2D eigenvalue weighted by molar-refractivity contribution is 6.02. The molecule has 2 aromatic carbocycles. The lowest BCUT2D eigenvalue weighted by Crippen LogP contribution is -2.35. The van der Waals surface area contributed by atoms with E-state index in [9.17, 15) is 9.59 Å². The molecule has 8 heteroatoms. The number of methoxy groups -OCH3 is 2. The van der Waals surface area contributed by atoms with E-state index in [2.05, 4.69) is 15.7 Å². The molecule has 0 radical (unpaired) electrons. The molecule has 2 N–H and O–H groups in total. The Balaban J connectivity index is 1.67. The second-order valence-corrected chi connectivity index (χ2v) is 6.98. The molecule has 0 bridgehead atoms. The number of hydrogen-bond donors (Lipinski definition) is 2. The fourth-order valence-corrected chi connectivity index (χ4v) is 3.49. The topological polar surface area (TPSA) is 94.5 Å². The summed E-state index contributed by atoms with van der Waals surface area (Å²) in [5.41, 5.74) is 2.96. The van der Waals surface area contributed by atoms with Gasteiger partial charge in [0.15, 0.2) is 0 Å². The molecule has 0 spiro atoms. The first kappa shape index (κ1) is 19.5. The Hall–Kier alpha value is -3.81. The van der Waals surface area contributed by atoms with E-state index in [1.165, 1.54) is 0 Å². The van der Waals surface area contributed by atoms with Gasteiger partial charge < -0.3 is 20.1 Å². The Morgan fingerprint density at radius 2 is 1.87 bits per heavy atom. The molecule has 154 valence electrons. The fourth-order valence-electron chi connectivity index (χ4n) is 3.49. The van der Waals surface area contributed by atoms with Crippen LogP contribution in [0.5, 0.6) is 11.5 Å². The number of nitrogens with one attached hydrogen (secondary N) is 2. The number of aromatic nitrogens is 2. The normalized spacial score (nSPS) is 15.2. The zero-order chi connectivity index (χ0) is 21.3. The van der Waals surface area contributed by atoms with Crippen LogP contribution < -0.4 is 20.1 Å². The minimum atomic E-state index is -0.759. The average molecular weight is 406 g/mol. The minimum absolute atomic E-state index is 0.00593. The molecule has 1 aliphatic heterocycles. The van der Waals surface area contributed by atoms with Crippen molar-refractivity contribution in [2.24, 2.45) is 0 Å². The van der Waals surface area contributed by atoms with Gasteiger partial charge in [-0.15, -0.1) is 0 Å². The number of benzene rings is 2. The van der Waals surface area contributed by atoms with E-state index in [-0.39, 0.29) is 18.2 Å². The number of rotatable bonds is 5. The van der Waals surface area contributed by atoms with Crippen LogP contribution in [-0.2, 0) is 9.59 Å². The van der Waals surface area contributed by atoms with Crippen molar-refractivity contribution < 1.29 is 19.1 Å². The number of hydrogen-bond acceptors (Lipinski definition) is 5. The summed E-state index contributed by atoms with van der Waals surface area (Å²) in [6.07, 6.45) is 0.00593. The molecule has 0 fully saturated rings. The van der Waals surface area contributed by atoms with Crippen LogP contribution in [-0.4, -0.2) is 35.8 Å². The lowest BCUT2D eigenvalue weighted by Gasteiger charge is -2.24. The van der Waals surface area contributed by atoms with Gasteiger partial charge in [-0.1, -0.05) is 6.07 Å². The fraction of sp³-hybridized carbons (Fsp3) is 0.227. The second kappa shape index (κ2) is 7.90. The van der Waals surface area contributed by atoms with Crippen LogP contribution in [0.3, 0.4) is 0 Å². The maximum Gasteiger partial charge on any atom is 0.249 e. The zero-order valence-electron chi connectivity index (χ0n) is 16.9. The van der Waals surface area contributed by atoms with E-state index < -0.39 is 6.04 Å². The van der Waals surface area contributed by atoms with Gasteiger partial charge in [0.2, 0.25) is 11.8 Å². The predicted octanol–water partition coefficient (Wildman–Crippen LogP) is 3.40. The monoisotopic (exact) mass is 406 g/mol. The summed E-state index contributed by atoms with van der Waals surface area (Å²) in [5, 5.41) is 10.4. The Kier molecular flexibility index (Phi) is 5.14. The first-order valence-electron chi connectivity index (χ1n) is 9.48. The standard InChI is InChI=1S/C22H22N4O4/c1-13-20(14-7-9-16(29-2)10-8-14)25-26-18(12-19(27)24-21(13)26)22(28)23-15-5-4-6-17(11-15)30-3/h4-11,18H,12H2,1-3H3,(H,23,28)(H,24,27). The van der Waals surface area contributed by atoms with Gasteiger partial charge in [-0.05, 0) is 43.3 Å². The highest BCUT2D eigenvalue weighted by atomic mass is 16.5. The van der Waals surface area contributed by atoms with Crippen LogP contribution >= 0.6 is 0 Å². The molecule has 2 amide bonds. The number of fused-ring (bicyclic) bond motifs is 1. The highest BCUT2D eigenvalue weighted by Gasteiger charge is 2.34. The summed E-state index contributed by atoms with van der Waals surface area (Å²) < 4.78 is 12.0. The maximum absolute atomic E-state index is 13.0. The van der Waals surface area contributed by atoms with Crippen molar-refractivity contribution in [2.45, 2.75) is 19.4 Å². The van der Waals surface area contributed by atoms with E-state index in [0.717, 1.165) is 16.9 Å². The number of ether oxygens (including phenoxy) is 2. The second-order valence-electron chi connectivity index (χ2n) is 6.98. The van der Waals surface area contributed by atoms with Gasteiger partial charge in [-0.2, -0.15) is 5.10 Å². The van der Waals surface area contributed by atoms with E-state index >= 15 is 0 Å². The summed E-state index contributed by atoms with van der Waals surface area (Å²) in [5.74, 6) is 1.36. The summed E-state index contributed by atoms with van der Waals surface area (Å²) in [4.78, 5) is 25.3. The number of carbonyl (C=O) groups excluding carboxylic acids is 2. The molecular formula is C22H22N4O4. The van der Waals surface area contributed by atoms with Crippen molar-refractivity contribution in [1.29, 1.82) is 0 Å². The van der Waals surface area contributed by atoms with Crippen LogP contribution in [0.4, 0.5) is 11.5 Å². The van der Waals surface area contributed by atoms with Gasteiger partial charge in [0.05, 0.1) is 26.3 Å². The molecule has 30 heavy (non-hydrogen) atoms. The van der Waals surface area contributed by atoms with E-state index in [4.69, 9.17) is 9.47 Å². The molecule has 1 aromatic heterocycles. The molecule has 0 aliphatic carbocycles. The van der Waals surface area contributed by atoms with Gasteiger partial charge in [-0.3, -0.25) is 9.59 Å². The molecule has 1 atom stereocenters.